The van der Waals surface area contributed by atoms with Gasteiger partial charge in [0.05, 0.1) is 12.1 Å². The summed E-state index contributed by atoms with van der Waals surface area (Å²) in [7, 11) is 1.56. The molecule has 5 nitrogen and oxygen atoms in total. The fraction of sp³-hybridized carbons (Fsp3) is 0.500. The summed E-state index contributed by atoms with van der Waals surface area (Å²) in [5.41, 5.74) is -0.231. The van der Waals surface area contributed by atoms with E-state index in [-0.39, 0.29) is 12.5 Å². The van der Waals surface area contributed by atoms with Crippen LogP contribution < -0.4 is 5.32 Å². The Bertz CT molecular complexity index is 348. The highest BCUT2D eigenvalue weighted by atomic mass is 16.5. The first kappa shape index (κ1) is 13.6. The largest absolute Gasteiger partial charge is 0.396 e. The second kappa shape index (κ2) is 6.32. The zero-order valence-electron chi connectivity index (χ0n) is 10.1. The van der Waals surface area contributed by atoms with Crippen molar-refractivity contribution in [3.8, 4) is 0 Å². The number of aromatic nitrogens is 1. The van der Waals surface area contributed by atoms with Crippen LogP contribution in [-0.2, 0) is 4.74 Å². The molecule has 2 N–H and O–H groups in total. The Labute approximate surface area is 101 Å². The van der Waals surface area contributed by atoms with Gasteiger partial charge in [0.1, 0.15) is 5.69 Å². The molecule has 0 spiro atoms. The zero-order chi connectivity index (χ0) is 12.7. The van der Waals surface area contributed by atoms with Crippen LogP contribution in [-0.4, -0.2) is 41.9 Å². The third-order valence-corrected chi connectivity index (χ3v) is 2.44. The molecule has 0 fully saturated rings. The molecule has 0 unspecified atom stereocenters. The number of nitrogens with zero attached hydrogens (tertiary/aromatic N) is 1. The van der Waals surface area contributed by atoms with E-state index in [1.807, 2.05) is 6.92 Å². The molecular weight excluding hydrogens is 220 g/mol. The molecule has 17 heavy (non-hydrogen) atoms. The van der Waals surface area contributed by atoms with Gasteiger partial charge in [-0.2, -0.15) is 0 Å². The van der Waals surface area contributed by atoms with Crippen LogP contribution in [0.1, 0.15) is 23.8 Å². The number of pyridine rings is 1. The van der Waals surface area contributed by atoms with Crippen molar-refractivity contribution in [2.75, 3.05) is 20.3 Å². The van der Waals surface area contributed by atoms with E-state index in [0.717, 1.165) is 0 Å². The molecule has 0 bridgehead atoms. The zero-order valence-corrected chi connectivity index (χ0v) is 10.1. The minimum absolute atomic E-state index is 0.0115. The molecule has 0 saturated carbocycles. The standard InChI is InChI=1S/C12H18N2O3/c1-12(6-8-15,9-17-2)14-11(16)10-5-3-4-7-13-10/h3-5,7,15H,6,8-9H2,1-2H3,(H,14,16)/t12-/m0/s1. The van der Waals surface area contributed by atoms with Crippen LogP contribution in [0.25, 0.3) is 0 Å². The van der Waals surface area contributed by atoms with E-state index >= 15 is 0 Å². The van der Waals surface area contributed by atoms with Crippen molar-refractivity contribution in [2.45, 2.75) is 18.9 Å². The monoisotopic (exact) mass is 238 g/mol. The summed E-state index contributed by atoms with van der Waals surface area (Å²) in [6.07, 6.45) is 1.99. The lowest BCUT2D eigenvalue weighted by molar-refractivity contribution is 0.0721. The maximum absolute atomic E-state index is 11.9. The van der Waals surface area contributed by atoms with Gasteiger partial charge in [0, 0.05) is 19.9 Å². The summed E-state index contributed by atoms with van der Waals surface area (Å²) in [5, 5.41) is 11.8. The molecular formula is C12H18N2O3. The Kier molecular flexibility index (Phi) is 5.06. The highest BCUT2D eigenvalue weighted by Crippen LogP contribution is 2.10. The molecule has 0 aliphatic heterocycles. The minimum Gasteiger partial charge on any atom is -0.396 e. The third kappa shape index (κ3) is 4.13. The van der Waals surface area contributed by atoms with E-state index < -0.39 is 5.54 Å². The van der Waals surface area contributed by atoms with E-state index in [9.17, 15) is 4.79 Å². The first-order valence-corrected chi connectivity index (χ1v) is 5.44. The Balaban J connectivity index is 2.71. The summed E-state index contributed by atoms with van der Waals surface area (Å²) >= 11 is 0. The summed E-state index contributed by atoms with van der Waals surface area (Å²) in [6, 6.07) is 5.14. The van der Waals surface area contributed by atoms with Crippen LogP contribution in [0.2, 0.25) is 0 Å². The SMILES string of the molecule is COC[C@](C)(CCO)NC(=O)c1ccccn1. The van der Waals surface area contributed by atoms with E-state index in [2.05, 4.69) is 10.3 Å². The lowest BCUT2D eigenvalue weighted by atomic mass is 9.99. The van der Waals surface area contributed by atoms with Gasteiger partial charge in [0.2, 0.25) is 0 Å². The normalized spacial score (nSPS) is 14.1. The number of ether oxygens (including phenoxy) is 1. The van der Waals surface area contributed by atoms with Crippen molar-refractivity contribution < 1.29 is 14.6 Å². The van der Waals surface area contributed by atoms with Gasteiger partial charge < -0.3 is 15.2 Å². The highest BCUT2D eigenvalue weighted by Gasteiger charge is 2.26. The number of carbonyl (C=O) groups is 1. The Morgan fingerprint density at radius 3 is 2.88 bits per heavy atom. The number of hydrogen-bond acceptors (Lipinski definition) is 4. The fourth-order valence-electron chi connectivity index (χ4n) is 1.57. The number of aliphatic hydroxyl groups is 1. The van der Waals surface area contributed by atoms with Crippen LogP contribution in [0.5, 0.6) is 0 Å². The summed E-state index contributed by atoms with van der Waals surface area (Å²) < 4.78 is 5.05. The van der Waals surface area contributed by atoms with Crippen molar-refractivity contribution in [3.05, 3.63) is 30.1 Å². The van der Waals surface area contributed by atoms with Crippen molar-refractivity contribution >= 4 is 5.91 Å². The average Bonchev–Trinajstić information content (AvgIpc) is 2.30. The summed E-state index contributed by atoms with van der Waals surface area (Å²) in [4.78, 5) is 15.9. The second-order valence-corrected chi connectivity index (χ2v) is 4.14. The molecule has 1 rings (SSSR count). The van der Waals surface area contributed by atoms with Gasteiger partial charge in [-0.1, -0.05) is 6.07 Å². The van der Waals surface area contributed by atoms with Gasteiger partial charge in [-0.25, -0.2) is 0 Å². The van der Waals surface area contributed by atoms with Crippen LogP contribution in [0.15, 0.2) is 24.4 Å². The first-order valence-electron chi connectivity index (χ1n) is 5.44. The Hall–Kier alpha value is -1.46. The minimum atomic E-state index is -0.585. The van der Waals surface area contributed by atoms with Crippen LogP contribution in [0, 0.1) is 0 Å². The van der Waals surface area contributed by atoms with Crippen molar-refractivity contribution in [2.24, 2.45) is 0 Å². The Morgan fingerprint density at radius 2 is 2.35 bits per heavy atom. The van der Waals surface area contributed by atoms with Gasteiger partial charge in [0.15, 0.2) is 0 Å². The topological polar surface area (TPSA) is 71.5 Å². The van der Waals surface area contributed by atoms with Gasteiger partial charge >= 0.3 is 0 Å². The van der Waals surface area contributed by atoms with Gasteiger partial charge in [-0.15, -0.1) is 0 Å². The highest BCUT2D eigenvalue weighted by molar-refractivity contribution is 5.92. The van der Waals surface area contributed by atoms with Crippen molar-refractivity contribution in [3.63, 3.8) is 0 Å². The predicted octanol–water partition coefficient (Wildman–Crippen LogP) is 0.599. The molecule has 0 radical (unpaired) electrons. The van der Waals surface area contributed by atoms with Crippen LogP contribution >= 0.6 is 0 Å². The predicted molar refractivity (Wildman–Crippen MR) is 63.7 cm³/mol. The van der Waals surface area contributed by atoms with Crippen molar-refractivity contribution in [1.29, 1.82) is 0 Å². The number of nitrogens with one attached hydrogen (secondary N) is 1. The number of amides is 1. The summed E-state index contributed by atoms with van der Waals surface area (Å²) in [5.74, 6) is -0.265. The molecule has 5 heteroatoms. The average molecular weight is 238 g/mol. The Morgan fingerprint density at radius 1 is 1.59 bits per heavy atom. The molecule has 0 saturated heterocycles. The number of aliphatic hydroxyl groups excluding tert-OH is 1. The van der Waals surface area contributed by atoms with E-state index in [1.165, 1.54) is 0 Å². The molecule has 1 atom stereocenters. The molecule has 0 aliphatic rings. The van der Waals surface area contributed by atoms with Crippen LogP contribution in [0.3, 0.4) is 0 Å². The molecule has 0 aliphatic carbocycles. The van der Waals surface area contributed by atoms with Gasteiger partial charge in [0.25, 0.3) is 5.91 Å². The first-order chi connectivity index (χ1) is 8.11. The van der Waals surface area contributed by atoms with E-state index in [1.54, 1.807) is 31.5 Å². The summed E-state index contributed by atoms with van der Waals surface area (Å²) in [6.45, 7) is 2.15. The number of carbonyl (C=O) groups excluding carboxylic acids is 1. The molecule has 1 heterocycles. The maximum atomic E-state index is 11.9. The fourth-order valence-corrected chi connectivity index (χ4v) is 1.57. The van der Waals surface area contributed by atoms with Gasteiger partial charge in [-0.05, 0) is 25.5 Å². The van der Waals surface area contributed by atoms with Crippen molar-refractivity contribution in [1.82, 2.24) is 10.3 Å². The van der Waals surface area contributed by atoms with E-state index in [4.69, 9.17) is 9.84 Å². The van der Waals surface area contributed by atoms with Gasteiger partial charge in [-0.3, -0.25) is 9.78 Å². The lowest BCUT2D eigenvalue weighted by Gasteiger charge is -2.29. The quantitative estimate of drug-likeness (QED) is 0.761. The van der Waals surface area contributed by atoms with Crippen LogP contribution in [0.4, 0.5) is 0 Å². The number of hydrogen-bond donors (Lipinski definition) is 2. The number of rotatable bonds is 6. The smallest absolute Gasteiger partial charge is 0.270 e. The molecule has 1 amide bonds. The van der Waals surface area contributed by atoms with E-state index in [0.29, 0.717) is 18.7 Å². The molecule has 1 aromatic heterocycles. The molecule has 0 aromatic carbocycles. The lowest BCUT2D eigenvalue weighted by Crippen LogP contribution is -2.50. The maximum Gasteiger partial charge on any atom is 0.270 e. The third-order valence-electron chi connectivity index (χ3n) is 2.44. The molecule has 94 valence electrons. The second-order valence-electron chi connectivity index (χ2n) is 4.14. The molecule has 1 aromatic rings. The number of methoxy groups -OCH3 is 1.